The summed E-state index contributed by atoms with van der Waals surface area (Å²) in [5, 5.41) is 1.93. The standard InChI is InChI=1S/C20H30N4O3.C5H10O2/c1-14-18(27-15-7-3-4-8-15)11-10-16(21-14)20-17(24(2)23-22-20)13-26-19-9-5-6-12-25-19;1-4(2)7-5(3)6/h10-11,15,19,22-23H,3-9,12-13H2,1-2H3;4H,1-3H3. The van der Waals surface area contributed by atoms with Crippen molar-refractivity contribution >= 4 is 11.7 Å². The van der Waals surface area contributed by atoms with Crippen molar-refractivity contribution in [1.29, 1.82) is 0 Å². The fourth-order valence-corrected chi connectivity index (χ4v) is 4.17. The quantitative estimate of drug-likeness (QED) is 0.569. The summed E-state index contributed by atoms with van der Waals surface area (Å²) in [5.74, 6) is 0.675. The summed E-state index contributed by atoms with van der Waals surface area (Å²) in [6.45, 7) is 8.30. The highest BCUT2D eigenvalue weighted by atomic mass is 16.7. The van der Waals surface area contributed by atoms with Crippen molar-refractivity contribution in [2.24, 2.45) is 0 Å². The molecule has 1 aliphatic carbocycles. The van der Waals surface area contributed by atoms with Gasteiger partial charge in [0, 0.05) is 20.6 Å². The normalized spacial score (nSPS) is 20.8. The fraction of sp³-hybridized carbons (Fsp3) is 0.680. The Bertz CT molecular complexity index is 833. The molecule has 0 radical (unpaired) electrons. The first-order chi connectivity index (χ1) is 16.3. The smallest absolute Gasteiger partial charge is 0.302 e. The number of rotatable bonds is 7. The van der Waals surface area contributed by atoms with E-state index in [1.807, 2.05) is 45.0 Å². The molecule has 0 amide bonds. The Morgan fingerprint density at radius 2 is 1.94 bits per heavy atom. The second-order valence-electron chi connectivity index (χ2n) is 9.19. The van der Waals surface area contributed by atoms with Crippen LogP contribution in [0.5, 0.6) is 5.75 Å². The van der Waals surface area contributed by atoms with Gasteiger partial charge in [0.1, 0.15) is 5.75 Å². The van der Waals surface area contributed by atoms with Gasteiger partial charge < -0.3 is 18.9 Å². The molecule has 190 valence electrons. The van der Waals surface area contributed by atoms with Crippen LogP contribution >= 0.6 is 0 Å². The molecule has 1 saturated heterocycles. The van der Waals surface area contributed by atoms with E-state index in [2.05, 4.69) is 15.7 Å². The van der Waals surface area contributed by atoms with Gasteiger partial charge in [0.15, 0.2) is 6.29 Å². The average molecular weight is 477 g/mol. The van der Waals surface area contributed by atoms with E-state index in [1.165, 1.54) is 19.8 Å². The lowest BCUT2D eigenvalue weighted by Gasteiger charge is -2.24. The van der Waals surface area contributed by atoms with Crippen molar-refractivity contribution in [3.05, 3.63) is 29.2 Å². The molecule has 2 N–H and O–H groups in total. The van der Waals surface area contributed by atoms with Crippen LogP contribution in [0.25, 0.3) is 5.70 Å². The number of carbonyl (C=O) groups excluding carboxylic acids is 1. The van der Waals surface area contributed by atoms with Crippen molar-refractivity contribution in [2.75, 3.05) is 20.3 Å². The van der Waals surface area contributed by atoms with Crippen LogP contribution in [0, 0.1) is 6.92 Å². The van der Waals surface area contributed by atoms with Gasteiger partial charge in [-0.2, -0.15) is 0 Å². The van der Waals surface area contributed by atoms with E-state index in [0.29, 0.717) is 12.7 Å². The monoisotopic (exact) mass is 476 g/mol. The summed E-state index contributed by atoms with van der Waals surface area (Å²) < 4.78 is 22.4. The maximum absolute atomic E-state index is 10.0. The van der Waals surface area contributed by atoms with Crippen molar-refractivity contribution in [1.82, 2.24) is 21.0 Å². The zero-order valence-corrected chi connectivity index (χ0v) is 21.2. The largest absolute Gasteiger partial charge is 0.489 e. The van der Waals surface area contributed by atoms with Gasteiger partial charge >= 0.3 is 5.97 Å². The van der Waals surface area contributed by atoms with Crippen molar-refractivity contribution in [3.63, 3.8) is 0 Å². The number of hydrogen-bond donors (Lipinski definition) is 2. The van der Waals surface area contributed by atoms with E-state index < -0.39 is 0 Å². The van der Waals surface area contributed by atoms with E-state index in [0.717, 1.165) is 67.2 Å². The molecule has 1 aromatic heterocycles. The summed E-state index contributed by atoms with van der Waals surface area (Å²) >= 11 is 0. The van der Waals surface area contributed by atoms with Gasteiger partial charge in [0.05, 0.1) is 41.6 Å². The average Bonchev–Trinajstić information content (AvgIpc) is 3.43. The minimum absolute atomic E-state index is 0.0255. The zero-order chi connectivity index (χ0) is 24.5. The first-order valence-electron chi connectivity index (χ1n) is 12.4. The fourth-order valence-electron chi connectivity index (χ4n) is 4.17. The van der Waals surface area contributed by atoms with Crippen molar-refractivity contribution < 1.29 is 23.7 Å². The lowest BCUT2D eigenvalue weighted by atomic mass is 10.2. The highest BCUT2D eigenvalue weighted by Gasteiger charge is 2.24. The Labute approximate surface area is 203 Å². The van der Waals surface area contributed by atoms with Gasteiger partial charge in [0.2, 0.25) is 0 Å². The number of nitrogens with one attached hydrogen (secondary N) is 2. The molecule has 1 aromatic rings. The molecule has 0 spiro atoms. The topological polar surface area (TPSA) is 94.2 Å². The molecule has 4 rings (SSSR count). The third kappa shape index (κ3) is 7.85. The number of esters is 1. The molecule has 3 aliphatic rings. The van der Waals surface area contributed by atoms with Crippen LogP contribution in [0.1, 0.15) is 77.1 Å². The van der Waals surface area contributed by atoms with Crippen LogP contribution in [-0.2, 0) is 19.0 Å². The minimum atomic E-state index is -0.213. The third-order valence-corrected chi connectivity index (χ3v) is 5.88. The Morgan fingerprint density at radius 1 is 1.21 bits per heavy atom. The number of hydrogen-bond acceptors (Lipinski definition) is 9. The molecule has 2 fully saturated rings. The van der Waals surface area contributed by atoms with Gasteiger partial charge in [-0.1, -0.05) is 0 Å². The van der Waals surface area contributed by atoms with Crippen molar-refractivity contribution in [3.8, 4) is 5.75 Å². The Kier molecular flexibility index (Phi) is 9.98. The molecule has 1 unspecified atom stereocenters. The first kappa shape index (κ1) is 26.2. The SMILES string of the molecule is CC(=O)OC(C)C.Cc1nc(C2=C(COC3CCCCO3)N(C)NN2)ccc1OC1CCCC1. The number of nitrogens with zero attached hydrogens (tertiary/aromatic N) is 2. The number of carbonyl (C=O) groups is 1. The van der Waals surface area contributed by atoms with Gasteiger partial charge in [0.25, 0.3) is 0 Å². The van der Waals surface area contributed by atoms with Crippen LogP contribution in [0.15, 0.2) is 17.8 Å². The maximum atomic E-state index is 10.0. The van der Waals surface area contributed by atoms with Gasteiger partial charge in [-0.15, -0.1) is 5.53 Å². The lowest BCUT2D eigenvalue weighted by Crippen LogP contribution is -2.35. The Balaban J connectivity index is 0.000000406. The van der Waals surface area contributed by atoms with Crippen LogP contribution in [-0.4, -0.2) is 54.7 Å². The van der Waals surface area contributed by atoms with Crippen LogP contribution in [0.3, 0.4) is 0 Å². The molecule has 1 saturated carbocycles. The lowest BCUT2D eigenvalue weighted by molar-refractivity contribution is -0.159. The highest BCUT2D eigenvalue weighted by Crippen LogP contribution is 2.28. The van der Waals surface area contributed by atoms with E-state index in [-0.39, 0.29) is 18.4 Å². The molecule has 9 heteroatoms. The van der Waals surface area contributed by atoms with Crippen molar-refractivity contribution in [2.45, 2.75) is 91.1 Å². The van der Waals surface area contributed by atoms with Crippen LogP contribution in [0.2, 0.25) is 0 Å². The molecule has 0 bridgehead atoms. The van der Waals surface area contributed by atoms with Crippen LogP contribution < -0.4 is 15.7 Å². The Hall–Kier alpha value is -2.36. The number of hydrazine groups is 2. The van der Waals surface area contributed by atoms with Gasteiger partial charge in [-0.05, 0) is 77.8 Å². The predicted molar refractivity (Wildman–Crippen MR) is 129 cm³/mol. The number of likely N-dealkylation sites (N-methyl/N-ethyl adjacent to an activating group) is 1. The van der Waals surface area contributed by atoms with E-state index in [4.69, 9.17) is 19.2 Å². The summed E-state index contributed by atoms with van der Waals surface area (Å²) in [6, 6.07) is 4.04. The third-order valence-electron chi connectivity index (χ3n) is 5.88. The van der Waals surface area contributed by atoms with E-state index >= 15 is 0 Å². The number of aromatic nitrogens is 1. The summed E-state index contributed by atoms with van der Waals surface area (Å²) in [5.41, 5.74) is 10.1. The minimum Gasteiger partial charge on any atom is -0.489 e. The molecular formula is C25H40N4O5. The predicted octanol–water partition coefficient (Wildman–Crippen LogP) is 3.84. The van der Waals surface area contributed by atoms with Crippen LogP contribution in [0.4, 0.5) is 0 Å². The van der Waals surface area contributed by atoms with E-state index in [9.17, 15) is 4.79 Å². The molecule has 0 aromatic carbocycles. The number of ether oxygens (including phenoxy) is 4. The first-order valence-corrected chi connectivity index (χ1v) is 12.4. The molecule has 34 heavy (non-hydrogen) atoms. The molecule has 1 atom stereocenters. The summed E-state index contributed by atoms with van der Waals surface area (Å²) in [6.07, 6.45) is 8.30. The molecular weight excluding hydrogens is 436 g/mol. The molecule has 3 heterocycles. The summed E-state index contributed by atoms with van der Waals surface area (Å²) in [4.78, 5) is 14.8. The Morgan fingerprint density at radius 3 is 2.53 bits per heavy atom. The second kappa shape index (κ2) is 12.9. The van der Waals surface area contributed by atoms with Gasteiger partial charge in [-0.3, -0.25) is 15.2 Å². The highest BCUT2D eigenvalue weighted by molar-refractivity contribution is 5.66. The molecule has 9 nitrogen and oxygen atoms in total. The number of pyridine rings is 1. The summed E-state index contributed by atoms with van der Waals surface area (Å²) in [7, 11) is 1.96. The zero-order valence-electron chi connectivity index (χ0n) is 21.2. The molecule has 2 aliphatic heterocycles. The number of aryl methyl sites for hydroxylation is 1. The van der Waals surface area contributed by atoms with Gasteiger partial charge in [-0.25, -0.2) is 4.98 Å². The maximum Gasteiger partial charge on any atom is 0.302 e. The van der Waals surface area contributed by atoms with E-state index in [1.54, 1.807) is 0 Å². The second-order valence-corrected chi connectivity index (χ2v) is 9.19.